The Labute approximate surface area is 163 Å². The molecule has 0 N–H and O–H groups in total. The van der Waals surface area contributed by atoms with Gasteiger partial charge in [0.2, 0.25) is 0 Å². The molecule has 146 valence electrons. The number of carbonyl (C=O) groups excluding carboxylic acids is 1. The molecule has 28 heavy (non-hydrogen) atoms. The van der Waals surface area contributed by atoms with Gasteiger partial charge >= 0.3 is 6.18 Å². The van der Waals surface area contributed by atoms with Gasteiger partial charge in [-0.25, -0.2) is 4.98 Å². The summed E-state index contributed by atoms with van der Waals surface area (Å²) in [7, 11) is 0. The van der Waals surface area contributed by atoms with E-state index < -0.39 is 11.7 Å². The Bertz CT molecular complexity index is 961. The fourth-order valence-electron chi connectivity index (χ4n) is 3.18. The lowest BCUT2D eigenvalue weighted by atomic mass is 10.1. The van der Waals surface area contributed by atoms with Crippen LogP contribution >= 0.6 is 11.3 Å². The molecule has 1 aromatic carbocycles. The zero-order valence-electron chi connectivity index (χ0n) is 14.6. The van der Waals surface area contributed by atoms with Crippen molar-refractivity contribution in [2.75, 3.05) is 31.1 Å². The maximum Gasteiger partial charge on any atom is 0.416 e. The van der Waals surface area contributed by atoms with Crippen molar-refractivity contribution in [3.63, 3.8) is 0 Å². The standard InChI is InChI=1S/C19H16F3N3O2S/c20-19(21,22)13-3-1-4-14(11-13)24-6-8-25(9-7-24)18(26)16-17(27-12-23-16)15-5-2-10-28-15/h1-5,10-12H,6-9H2. The Kier molecular flexibility index (Phi) is 4.84. The molecule has 5 nitrogen and oxygen atoms in total. The SMILES string of the molecule is O=C(c1ncoc1-c1cccs1)N1CCN(c2cccc(C(F)(F)F)c2)CC1. The van der Waals surface area contributed by atoms with E-state index in [0.29, 0.717) is 37.6 Å². The number of carbonyl (C=O) groups is 1. The lowest BCUT2D eigenvalue weighted by molar-refractivity contribution is -0.137. The topological polar surface area (TPSA) is 49.6 Å². The van der Waals surface area contributed by atoms with Gasteiger partial charge in [-0.1, -0.05) is 12.1 Å². The number of halogens is 3. The van der Waals surface area contributed by atoms with E-state index in [1.54, 1.807) is 11.0 Å². The first kappa shape index (κ1) is 18.5. The van der Waals surface area contributed by atoms with Crippen molar-refractivity contribution in [1.29, 1.82) is 0 Å². The lowest BCUT2D eigenvalue weighted by Gasteiger charge is -2.36. The predicted molar refractivity (Wildman–Crippen MR) is 99.4 cm³/mol. The summed E-state index contributed by atoms with van der Waals surface area (Å²) in [5.74, 6) is 0.209. The van der Waals surface area contributed by atoms with Gasteiger partial charge in [0.25, 0.3) is 5.91 Å². The lowest BCUT2D eigenvalue weighted by Crippen LogP contribution is -2.49. The highest BCUT2D eigenvalue weighted by Crippen LogP contribution is 2.32. The molecular formula is C19H16F3N3O2S. The van der Waals surface area contributed by atoms with Crippen molar-refractivity contribution in [3.05, 3.63) is 59.4 Å². The van der Waals surface area contributed by atoms with Gasteiger partial charge in [0, 0.05) is 31.9 Å². The van der Waals surface area contributed by atoms with Crippen LogP contribution in [-0.4, -0.2) is 42.0 Å². The molecule has 1 aliphatic rings. The number of hydrogen-bond acceptors (Lipinski definition) is 5. The van der Waals surface area contributed by atoms with Crippen LogP contribution in [0.1, 0.15) is 16.1 Å². The van der Waals surface area contributed by atoms with Crippen molar-refractivity contribution in [2.24, 2.45) is 0 Å². The zero-order valence-corrected chi connectivity index (χ0v) is 15.5. The number of oxazole rings is 1. The molecule has 0 saturated carbocycles. The molecule has 3 heterocycles. The third-order valence-electron chi connectivity index (χ3n) is 4.62. The summed E-state index contributed by atoms with van der Waals surface area (Å²) < 4.78 is 44.2. The van der Waals surface area contributed by atoms with Crippen LogP contribution in [0.5, 0.6) is 0 Å². The smallest absolute Gasteiger partial charge is 0.416 e. The number of nitrogens with zero attached hydrogens (tertiary/aromatic N) is 3. The van der Waals surface area contributed by atoms with Gasteiger partial charge in [0.05, 0.1) is 10.4 Å². The molecule has 3 aromatic rings. The average molecular weight is 407 g/mol. The summed E-state index contributed by atoms with van der Waals surface area (Å²) in [6.07, 6.45) is -3.12. The van der Waals surface area contributed by atoms with Gasteiger partial charge in [-0.2, -0.15) is 13.2 Å². The molecule has 1 amide bonds. The molecule has 1 aliphatic heterocycles. The van der Waals surface area contributed by atoms with Crippen LogP contribution in [0.3, 0.4) is 0 Å². The molecule has 0 spiro atoms. The number of hydrogen-bond donors (Lipinski definition) is 0. The number of benzene rings is 1. The van der Waals surface area contributed by atoms with Crippen molar-refractivity contribution >= 4 is 22.9 Å². The van der Waals surface area contributed by atoms with Crippen molar-refractivity contribution in [3.8, 4) is 10.6 Å². The number of thiophene rings is 1. The third-order valence-corrected chi connectivity index (χ3v) is 5.49. The van der Waals surface area contributed by atoms with Gasteiger partial charge in [-0.05, 0) is 29.6 Å². The first-order valence-corrected chi connectivity index (χ1v) is 9.50. The summed E-state index contributed by atoms with van der Waals surface area (Å²) in [6.45, 7) is 1.68. The molecular weight excluding hydrogens is 391 g/mol. The van der Waals surface area contributed by atoms with E-state index in [4.69, 9.17) is 4.42 Å². The third kappa shape index (κ3) is 3.62. The van der Waals surface area contributed by atoms with Crippen LogP contribution in [0, 0.1) is 0 Å². The maximum atomic E-state index is 12.9. The Morgan fingerprint density at radius 3 is 2.57 bits per heavy atom. The fourth-order valence-corrected chi connectivity index (χ4v) is 3.89. The average Bonchev–Trinajstić information content (AvgIpc) is 3.38. The molecule has 2 aromatic heterocycles. The monoisotopic (exact) mass is 407 g/mol. The second-order valence-electron chi connectivity index (χ2n) is 6.33. The van der Waals surface area contributed by atoms with Crippen LogP contribution in [0.25, 0.3) is 10.6 Å². The maximum absolute atomic E-state index is 12.9. The second kappa shape index (κ2) is 7.31. The van der Waals surface area contributed by atoms with E-state index in [-0.39, 0.29) is 11.6 Å². The van der Waals surface area contributed by atoms with E-state index in [0.717, 1.165) is 17.0 Å². The molecule has 4 rings (SSSR count). The number of piperazine rings is 1. The Morgan fingerprint density at radius 2 is 1.89 bits per heavy atom. The van der Waals surface area contributed by atoms with Crippen molar-refractivity contribution in [1.82, 2.24) is 9.88 Å². The highest BCUT2D eigenvalue weighted by Gasteiger charge is 2.32. The van der Waals surface area contributed by atoms with Crippen molar-refractivity contribution < 1.29 is 22.4 Å². The molecule has 0 bridgehead atoms. The van der Waals surface area contributed by atoms with Gasteiger partial charge < -0.3 is 14.2 Å². The number of aromatic nitrogens is 1. The molecule has 0 unspecified atom stereocenters. The summed E-state index contributed by atoms with van der Waals surface area (Å²) in [6, 6.07) is 8.97. The Morgan fingerprint density at radius 1 is 1.11 bits per heavy atom. The van der Waals surface area contributed by atoms with Crippen LogP contribution in [0.15, 0.2) is 52.6 Å². The van der Waals surface area contributed by atoms with Gasteiger partial charge in [-0.3, -0.25) is 4.79 Å². The van der Waals surface area contributed by atoms with Crippen LogP contribution < -0.4 is 4.90 Å². The minimum absolute atomic E-state index is 0.235. The van der Waals surface area contributed by atoms with Crippen LogP contribution in [0.4, 0.5) is 18.9 Å². The quantitative estimate of drug-likeness (QED) is 0.646. The molecule has 9 heteroatoms. The summed E-state index contributed by atoms with van der Waals surface area (Å²) >= 11 is 1.46. The van der Waals surface area contributed by atoms with Gasteiger partial charge in [0.1, 0.15) is 0 Å². The molecule has 0 aliphatic carbocycles. The second-order valence-corrected chi connectivity index (χ2v) is 7.28. The predicted octanol–water partition coefficient (Wildman–Crippen LogP) is 4.38. The number of amides is 1. The van der Waals surface area contributed by atoms with E-state index in [1.807, 2.05) is 22.4 Å². The van der Waals surface area contributed by atoms with E-state index in [2.05, 4.69) is 4.98 Å². The van der Waals surface area contributed by atoms with Crippen LogP contribution in [0.2, 0.25) is 0 Å². The van der Waals surface area contributed by atoms with Crippen LogP contribution in [-0.2, 0) is 6.18 Å². The first-order valence-electron chi connectivity index (χ1n) is 8.62. The summed E-state index contributed by atoms with van der Waals surface area (Å²) in [4.78, 5) is 21.2. The first-order chi connectivity index (χ1) is 13.4. The minimum atomic E-state index is -4.38. The van der Waals surface area contributed by atoms with Gasteiger partial charge in [-0.15, -0.1) is 11.3 Å². The Hall–Kier alpha value is -2.81. The summed E-state index contributed by atoms with van der Waals surface area (Å²) in [5, 5.41) is 1.89. The minimum Gasteiger partial charge on any atom is -0.442 e. The normalized spacial score (nSPS) is 15.1. The fraction of sp³-hybridized carbons (Fsp3) is 0.263. The molecule has 0 radical (unpaired) electrons. The molecule has 1 fully saturated rings. The van der Waals surface area contributed by atoms with E-state index in [9.17, 15) is 18.0 Å². The Balaban J connectivity index is 1.45. The highest BCUT2D eigenvalue weighted by atomic mass is 32.1. The zero-order chi connectivity index (χ0) is 19.7. The summed E-state index contributed by atoms with van der Waals surface area (Å²) in [5.41, 5.74) is 0.0873. The van der Waals surface area contributed by atoms with Crippen molar-refractivity contribution in [2.45, 2.75) is 6.18 Å². The van der Waals surface area contributed by atoms with E-state index in [1.165, 1.54) is 23.8 Å². The highest BCUT2D eigenvalue weighted by molar-refractivity contribution is 7.13. The largest absolute Gasteiger partial charge is 0.442 e. The molecule has 0 atom stereocenters. The number of alkyl halides is 3. The van der Waals surface area contributed by atoms with Gasteiger partial charge in [0.15, 0.2) is 17.8 Å². The van der Waals surface area contributed by atoms with E-state index >= 15 is 0 Å². The number of anilines is 1. The number of rotatable bonds is 3. The molecule has 1 saturated heterocycles.